The van der Waals surface area contributed by atoms with Crippen molar-refractivity contribution in [1.29, 1.82) is 0 Å². The second-order valence-electron chi connectivity index (χ2n) is 4.47. The number of thiazole rings is 1. The molecule has 0 spiro atoms. The quantitative estimate of drug-likeness (QED) is 0.604. The van der Waals surface area contributed by atoms with Gasteiger partial charge in [-0.25, -0.2) is 9.37 Å². The molecule has 0 amide bonds. The highest BCUT2D eigenvalue weighted by molar-refractivity contribution is 7.09. The van der Waals surface area contributed by atoms with E-state index < -0.39 is 24.2 Å². The molecule has 0 unspecified atom stereocenters. The fourth-order valence-electron chi connectivity index (χ4n) is 1.76. The maximum absolute atomic E-state index is 13.5. The Bertz CT molecular complexity index is 699. The van der Waals surface area contributed by atoms with Crippen LogP contribution >= 0.6 is 11.3 Å². The van der Waals surface area contributed by atoms with Crippen LogP contribution < -0.4 is 4.74 Å². The molecular formula is C15H14FNO4S. The van der Waals surface area contributed by atoms with Crippen LogP contribution in [0.1, 0.15) is 21.1 Å². The van der Waals surface area contributed by atoms with Gasteiger partial charge in [-0.05, 0) is 25.1 Å². The summed E-state index contributed by atoms with van der Waals surface area (Å²) in [5, 5.41) is 2.62. The number of carbonyl (C=O) groups excluding carboxylic acids is 2. The van der Waals surface area contributed by atoms with E-state index in [1.807, 2.05) is 6.92 Å². The molecule has 0 saturated carbocycles. The van der Waals surface area contributed by atoms with Crippen molar-refractivity contribution < 1.29 is 23.5 Å². The Kier molecular flexibility index (Phi) is 5.21. The van der Waals surface area contributed by atoms with Crippen LogP contribution in [0.2, 0.25) is 0 Å². The van der Waals surface area contributed by atoms with Crippen molar-refractivity contribution in [3.63, 3.8) is 0 Å². The molecule has 22 heavy (non-hydrogen) atoms. The number of ether oxygens (including phenoxy) is 2. The molecule has 0 bridgehead atoms. The Morgan fingerprint density at radius 1 is 1.36 bits per heavy atom. The second kappa shape index (κ2) is 7.13. The molecule has 2 rings (SSSR count). The first-order valence-electron chi connectivity index (χ1n) is 6.43. The van der Waals surface area contributed by atoms with Gasteiger partial charge in [0.1, 0.15) is 0 Å². The Morgan fingerprint density at radius 2 is 2.14 bits per heavy atom. The van der Waals surface area contributed by atoms with Crippen LogP contribution in [0.3, 0.4) is 0 Å². The van der Waals surface area contributed by atoms with Gasteiger partial charge >= 0.3 is 5.97 Å². The van der Waals surface area contributed by atoms with E-state index in [1.165, 1.54) is 30.6 Å². The number of hydrogen-bond acceptors (Lipinski definition) is 6. The molecule has 0 saturated heterocycles. The predicted molar refractivity (Wildman–Crippen MR) is 78.8 cm³/mol. The molecule has 7 heteroatoms. The molecular weight excluding hydrogens is 309 g/mol. The number of ketones is 1. The fraction of sp³-hybridized carbons (Fsp3) is 0.267. The van der Waals surface area contributed by atoms with E-state index in [-0.39, 0.29) is 17.7 Å². The molecule has 1 heterocycles. The maximum Gasteiger partial charge on any atom is 0.312 e. The van der Waals surface area contributed by atoms with E-state index in [9.17, 15) is 14.0 Å². The van der Waals surface area contributed by atoms with Crippen molar-refractivity contribution in [2.24, 2.45) is 0 Å². The van der Waals surface area contributed by atoms with Gasteiger partial charge in [0.2, 0.25) is 0 Å². The number of rotatable bonds is 6. The number of aromatic nitrogens is 1. The Hall–Kier alpha value is -2.28. The van der Waals surface area contributed by atoms with Gasteiger partial charge in [-0.15, -0.1) is 11.3 Å². The lowest BCUT2D eigenvalue weighted by Crippen LogP contribution is -2.16. The van der Waals surface area contributed by atoms with E-state index in [1.54, 1.807) is 5.38 Å². The monoisotopic (exact) mass is 323 g/mol. The fourth-order valence-corrected chi connectivity index (χ4v) is 2.37. The lowest BCUT2D eigenvalue weighted by atomic mass is 10.1. The molecule has 0 aliphatic carbocycles. The Labute approximate surface area is 130 Å². The van der Waals surface area contributed by atoms with Crippen molar-refractivity contribution in [2.45, 2.75) is 13.3 Å². The van der Waals surface area contributed by atoms with E-state index in [2.05, 4.69) is 4.98 Å². The van der Waals surface area contributed by atoms with Gasteiger partial charge in [-0.3, -0.25) is 9.59 Å². The van der Waals surface area contributed by atoms with E-state index in [4.69, 9.17) is 9.47 Å². The average Bonchev–Trinajstić information content (AvgIpc) is 2.89. The first-order valence-corrected chi connectivity index (χ1v) is 7.31. The smallest absolute Gasteiger partial charge is 0.312 e. The van der Waals surface area contributed by atoms with Crippen LogP contribution in [0.15, 0.2) is 23.6 Å². The first kappa shape index (κ1) is 16.1. The van der Waals surface area contributed by atoms with E-state index >= 15 is 0 Å². The van der Waals surface area contributed by atoms with Gasteiger partial charge in [0.25, 0.3) is 0 Å². The molecule has 0 aliphatic rings. The molecule has 0 N–H and O–H groups in total. The number of aryl methyl sites for hydroxylation is 1. The number of esters is 1. The normalized spacial score (nSPS) is 10.3. The molecule has 0 atom stereocenters. The molecule has 0 aliphatic heterocycles. The molecule has 1 aromatic heterocycles. The maximum atomic E-state index is 13.5. The van der Waals surface area contributed by atoms with Crippen molar-refractivity contribution in [3.05, 3.63) is 45.7 Å². The first-order chi connectivity index (χ1) is 10.5. The van der Waals surface area contributed by atoms with Crippen LogP contribution in [0.5, 0.6) is 5.75 Å². The van der Waals surface area contributed by atoms with Crippen LogP contribution in [0.25, 0.3) is 0 Å². The van der Waals surface area contributed by atoms with Crippen molar-refractivity contribution >= 4 is 23.1 Å². The number of benzene rings is 1. The third kappa shape index (κ3) is 4.11. The van der Waals surface area contributed by atoms with Crippen LogP contribution in [0.4, 0.5) is 4.39 Å². The summed E-state index contributed by atoms with van der Waals surface area (Å²) >= 11 is 1.43. The number of methoxy groups -OCH3 is 1. The third-order valence-corrected chi connectivity index (χ3v) is 3.65. The third-order valence-electron chi connectivity index (χ3n) is 2.83. The topological polar surface area (TPSA) is 65.5 Å². The lowest BCUT2D eigenvalue weighted by Gasteiger charge is -2.05. The summed E-state index contributed by atoms with van der Waals surface area (Å²) in [6.45, 7) is 1.40. The van der Waals surface area contributed by atoms with Gasteiger partial charge in [0.05, 0.1) is 24.2 Å². The molecule has 0 radical (unpaired) electrons. The summed E-state index contributed by atoms with van der Waals surface area (Å²) in [7, 11) is 1.34. The summed E-state index contributed by atoms with van der Waals surface area (Å²) in [6, 6.07) is 3.82. The molecule has 5 nitrogen and oxygen atoms in total. The minimum Gasteiger partial charge on any atom is -0.494 e. The van der Waals surface area contributed by atoms with Crippen molar-refractivity contribution in [2.75, 3.05) is 13.7 Å². The number of nitrogens with zero attached hydrogens (tertiary/aromatic N) is 1. The zero-order chi connectivity index (χ0) is 16.1. The largest absolute Gasteiger partial charge is 0.494 e. The number of halogens is 1. The zero-order valence-corrected chi connectivity index (χ0v) is 12.9. The molecule has 1 aromatic carbocycles. The zero-order valence-electron chi connectivity index (χ0n) is 12.1. The molecule has 2 aromatic rings. The van der Waals surface area contributed by atoms with Crippen LogP contribution in [-0.4, -0.2) is 30.5 Å². The summed E-state index contributed by atoms with van der Waals surface area (Å²) < 4.78 is 23.2. The minimum atomic E-state index is -0.641. The summed E-state index contributed by atoms with van der Waals surface area (Å²) in [5.74, 6) is -1.62. The van der Waals surface area contributed by atoms with Crippen molar-refractivity contribution in [3.8, 4) is 5.75 Å². The van der Waals surface area contributed by atoms with Crippen LogP contribution in [0, 0.1) is 12.7 Å². The van der Waals surface area contributed by atoms with Gasteiger partial charge in [0, 0.05) is 10.9 Å². The highest BCUT2D eigenvalue weighted by Crippen LogP contribution is 2.18. The average molecular weight is 323 g/mol. The van der Waals surface area contributed by atoms with Crippen LogP contribution in [-0.2, 0) is 16.0 Å². The van der Waals surface area contributed by atoms with Gasteiger partial charge in [0.15, 0.2) is 24.0 Å². The Balaban J connectivity index is 1.89. The summed E-state index contributed by atoms with van der Waals surface area (Å²) in [5.41, 5.74) is 0.728. The minimum absolute atomic E-state index is 0.00853. The van der Waals surface area contributed by atoms with Gasteiger partial charge < -0.3 is 9.47 Å². The number of Topliss-reactive ketones (excluding diaryl/α,β-unsaturated/α-hetero) is 1. The Morgan fingerprint density at radius 3 is 2.73 bits per heavy atom. The lowest BCUT2D eigenvalue weighted by molar-refractivity contribution is -0.141. The summed E-state index contributed by atoms with van der Waals surface area (Å²) in [4.78, 5) is 27.6. The second-order valence-corrected chi connectivity index (χ2v) is 5.53. The molecule has 0 fully saturated rings. The number of carbonyl (C=O) groups is 2. The van der Waals surface area contributed by atoms with Crippen molar-refractivity contribution in [1.82, 2.24) is 4.98 Å². The summed E-state index contributed by atoms with van der Waals surface area (Å²) in [6.07, 6.45) is 0.00853. The van der Waals surface area contributed by atoms with E-state index in [0.717, 1.165) is 11.1 Å². The highest BCUT2D eigenvalue weighted by Gasteiger charge is 2.14. The van der Waals surface area contributed by atoms with E-state index in [0.29, 0.717) is 5.69 Å². The number of hydrogen-bond donors (Lipinski definition) is 0. The highest BCUT2D eigenvalue weighted by atomic mass is 32.1. The SMILES string of the molecule is COc1ccc(C(=O)COC(=O)Cc2csc(C)n2)cc1F. The molecule has 116 valence electrons. The standard InChI is InChI=1S/C15H14FNO4S/c1-9-17-11(8-22-9)6-15(19)21-7-13(18)10-3-4-14(20-2)12(16)5-10/h3-5,8H,6-7H2,1-2H3. The predicted octanol–water partition coefficient (Wildman–Crippen LogP) is 2.57. The van der Waals surface area contributed by atoms with Gasteiger partial charge in [-0.2, -0.15) is 0 Å². The van der Waals surface area contributed by atoms with Gasteiger partial charge in [-0.1, -0.05) is 0 Å².